The number of rotatable bonds is 6. The van der Waals surface area contributed by atoms with Gasteiger partial charge >= 0.3 is 17.6 Å². The molecule has 0 unspecified atom stereocenters. The van der Waals surface area contributed by atoms with Crippen LogP contribution < -0.4 is 5.32 Å². The zero-order valence-electron chi connectivity index (χ0n) is 7.91. The summed E-state index contributed by atoms with van der Waals surface area (Å²) in [6.45, 7) is 0.551. The molecule has 0 aromatic rings. The molecule has 0 saturated carbocycles. The maximum absolute atomic E-state index is 8.55. The first kappa shape index (κ1) is 14.6. The molecule has 0 aliphatic heterocycles. The summed E-state index contributed by atoms with van der Waals surface area (Å²) in [5.41, 5.74) is 1.82. The fourth-order valence-electron chi connectivity index (χ4n) is 0.684. The molecule has 0 heterocycles. The molecule has 0 aliphatic rings. The number of hydrogen-bond acceptors (Lipinski definition) is 7. The van der Waals surface area contributed by atoms with Crippen molar-refractivity contribution >= 4 is 17.6 Å². The third kappa shape index (κ3) is 13.6. The summed E-state index contributed by atoms with van der Waals surface area (Å²) >= 11 is 0. The van der Waals surface area contributed by atoms with Gasteiger partial charge < -0.3 is 34.1 Å². The average Bonchev–Trinajstić information content (AvgIpc) is 1.98. The monoisotopic (exact) mass is 253 g/mol. The van der Waals surface area contributed by atoms with Crippen LogP contribution in [-0.4, -0.2) is 59.5 Å². The van der Waals surface area contributed by atoms with E-state index < -0.39 is 17.6 Å². The molecule has 0 radical (unpaired) electrons. The SMILES string of the molecule is O[Si](O)(O)C=CCNCC=C[Si](O)(O)O. The first-order valence-electron chi connectivity index (χ1n) is 4.11. The molecule has 0 amide bonds. The average molecular weight is 253 g/mol. The lowest BCUT2D eigenvalue weighted by molar-refractivity contribution is 0.245. The maximum Gasteiger partial charge on any atom is 0.521 e. The predicted molar refractivity (Wildman–Crippen MR) is 56.0 cm³/mol. The molecule has 0 aliphatic carbocycles. The van der Waals surface area contributed by atoms with Gasteiger partial charge in [-0.1, -0.05) is 12.2 Å². The Kier molecular flexibility index (Phi) is 6.11. The van der Waals surface area contributed by atoms with Crippen LogP contribution >= 0.6 is 0 Å². The van der Waals surface area contributed by atoms with Crippen molar-refractivity contribution in [1.82, 2.24) is 5.32 Å². The minimum atomic E-state index is -4.11. The first-order chi connectivity index (χ1) is 6.71. The summed E-state index contributed by atoms with van der Waals surface area (Å²) in [5.74, 6) is 0. The Morgan fingerprint density at radius 1 is 0.733 bits per heavy atom. The Bertz CT molecular complexity index is 207. The van der Waals surface area contributed by atoms with Gasteiger partial charge in [-0.05, 0) is 11.4 Å². The van der Waals surface area contributed by atoms with Crippen LogP contribution in [0.1, 0.15) is 0 Å². The van der Waals surface area contributed by atoms with E-state index in [0.29, 0.717) is 0 Å². The van der Waals surface area contributed by atoms with Crippen LogP contribution in [0.5, 0.6) is 0 Å². The van der Waals surface area contributed by atoms with E-state index in [1.54, 1.807) is 0 Å². The molecule has 0 spiro atoms. The Morgan fingerprint density at radius 3 is 1.33 bits per heavy atom. The van der Waals surface area contributed by atoms with Crippen LogP contribution in [-0.2, 0) is 0 Å². The van der Waals surface area contributed by atoms with E-state index in [1.807, 2.05) is 0 Å². The van der Waals surface area contributed by atoms with Gasteiger partial charge in [0.2, 0.25) is 0 Å². The molecule has 9 heteroatoms. The lowest BCUT2D eigenvalue weighted by Gasteiger charge is -2.02. The molecule has 0 aromatic heterocycles. The first-order valence-corrected chi connectivity index (χ1v) is 7.95. The summed E-state index contributed by atoms with van der Waals surface area (Å²) in [6.07, 6.45) is 2.67. The van der Waals surface area contributed by atoms with Crippen molar-refractivity contribution in [3.05, 3.63) is 23.6 Å². The number of nitrogens with one attached hydrogen (secondary N) is 1. The van der Waals surface area contributed by atoms with Gasteiger partial charge in [0.15, 0.2) is 0 Å². The van der Waals surface area contributed by atoms with E-state index in [9.17, 15) is 0 Å². The fraction of sp³-hybridized carbons (Fsp3) is 0.333. The van der Waals surface area contributed by atoms with Gasteiger partial charge in [-0.2, -0.15) is 0 Å². The highest BCUT2D eigenvalue weighted by atomic mass is 28.4. The van der Waals surface area contributed by atoms with Crippen molar-refractivity contribution in [2.75, 3.05) is 13.1 Å². The third-order valence-corrected chi connectivity index (χ3v) is 2.57. The molecule has 0 atom stereocenters. The Hall–Kier alpha value is -0.366. The molecule has 88 valence electrons. The van der Waals surface area contributed by atoms with Gasteiger partial charge in [-0.15, -0.1) is 0 Å². The molecule has 15 heavy (non-hydrogen) atoms. The lowest BCUT2D eigenvalue weighted by atomic mass is 10.5. The van der Waals surface area contributed by atoms with Crippen LogP contribution in [0.15, 0.2) is 23.6 Å². The molecule has 0 saturated heterocycles. The third-order valence-electron chi connectivity index (χ3n) is 1.21. The van der Waals surface area contributed by atoms with Crippen molar-refractivity contribution < 1.29 is 28.8 Å². The maximum atomic E-state index is 8.55. The molecular formula is C6H15NO6Si2. The second kappa shape index (κ2) is 6.27. The van der Waals surface area contributed by atoms with E-state index in [0.717, 1.165) is 11.4 Å². The van der Waals surface area contributed by atoms with Crippen LogP contribution in [0.25, 0.3) is 0 Å². The Balaban J connectivity index is 3.57. The van der Waals surface area contributed by atoms with Crippen LogP contribution in [0.3, 0.4) is 0 Å². The Morgan fingerprint density at radius 2 is 1.07 bits per heavy atom. The molecule has 0 rings (SSSR count). The summed E-state index contributed by atoms with van der Waals surface area (Å²) in [4.78, 5) is 51.3. The normalized spacial score (nSPS) is 14.3. The highest BCUT2D eigenvalue weighted by Crippen LogP contribution is 1.87. The zero-order valence-corrected chi connectivity index (χ0v) is 9.91. The van der Waals surface area contributed by atoms with E-state index in [4.69, 9.17) is 28.8 Å². The van der Waals surface area contributed by atoms with Crippen molar-refractivity contribution in [2.45, 2.75) is 0 Å². The summed E-state index contributed by atoms with van der Waals surface area (Å²) in [6, 6.07) is 0. The highest BCUT2D eigenvalue weighted by Gasteiger charge is 2.21. The number of hydrogen-bond donors (Lipinski definition) is 7. The van der Waals surface area contributed by atoms with Gasteiger partial charge in [0, 0.05) is 13.1 Å². The van der Waals surface area contributed by atoms with Crippen molar-refractivity contribution in [2.24, 2.45) is 0 Å². The topological polar surface area (TPSA) is 133 Å². The second-order valence-corrected chi connectivity index (χ2v) is 6.25. The van der Waals surface area contributed by atoms with Crippen LogP contribution in [0.4, 0.5) is 0 Å². The fourth-order valence-corrected chi connectivity index (χ4v) is 1.55. The van der Waals surface area contributed by atoms with Gasteiger partial charge in [0.1, 0.15) is 0 Å². The summed E-state index contributed by atoms with van der Waals surface area (Å²) in [5, 5.41) is 2.73. The molecule has 0 aromatic carbocycles. The van der Waals surface area contributed by atoms with Crippen LogP contribution in [0, 0.1) is 0 Å². The summed E-state index contributed by atoms with van der Waals surface area (Å²) < 4.78 is 0. The summed E-state index contributed by atoms with van der Waals surface area (Å²) in [7, 11) is -8.21. The van der Waals surface area contributed by atoms with Crippen molar-refractivity contribution in [1.29, 1.82) is 0 Å². The minimum absolute atomic E-state index is 0.275. The van der Waals surface area contributed by atoms with Crippen molar-refractivity contribution in [3.63, 3.8) is 0 Å². The smallest absolute Gasteiger partial charge is 0.387 e. The van der Waals surface area contributed by atoms with E-state index in [1.165, 1.54) is 12.2 Å². The van der Waals surface area contributed by atoms with E-state index in [2.05, 4.69) is 5.32 Å². The molecule has 7 nitrogen and oxygen atoms in total. The molecule has 0 bridgehead atoms. The molecular weight excluding hydrogens is 238 g/mol. The predicted octanol–water partition coefficient (Wildman–Crippen LogP) is -3.40. The largest absolute Gasteiger partial charge is 0.521 e. The quantitative estimate of drug-likeness (QED) is 0.194. The highest BCUT2D eigenvalue weighted by molar-refractivity contribution is 6.62. The van der Waals surface area contributed by atoms with Gasteiger partial charge in [-0.3, -0.25) is 0 Å². The van der Waals surface area contributed by atoms with Crippen LogP contribution in [0.2, 0.25) is 0 Å². The lowest BCUT2D eigenvalue weighted by Crippen LogP contribution is -2.32. The zero-order chi connectivity index (χ0) is 11.9. The van der Waals surface area contributed by atoms with E-state index in [-0.39, 0.29) is 13.1 Å². The minimum Gasteiger partial charge on any atom is -0.387 e. The van der Waals surface area contributed by atoms with E-state index >= 15 is 0 Å². The van der Waals surface area contributed by atoms with Gasteiger partial charge in [0.25, 0.3) is 0 Å². The van der Waals surface area contributed by atoms with Gasteiger partial charge in [-0.25, -0.2) is 0 Å². The Labute approximate surface area is 89.0 Å². The second-order valence-electron chi connectivity index (χ2n) is 2.84. The standard InChI is InChI=1S/C6H15NO6Si2/c8-14(9,10)5-1-3-7-4-2-6-15(11,12)13/h1-2,5-13H,3-4H2. The van der Waals surface area contributed by atoms with Crippen molar-refractivity contribution in [3.8, 4) is 0 Å². The van der Waals surface area contributed by atoms with Gasteiger partial charge in [0.05, 0.1) is 0 Å². The molecule has 0 fully saturated rings. The molecule has 7 N–H and O–H groups in total.